The van der Waals surface area contributed by atoms with Crippen LogP contribution in [-0.2, 0) is 7.05 Å². The van der Waals surface area contributed by atoms with E-state index in [1.165, 1.54) is 13.3 Å². The highest BCUT2D eigenvalue weighted by Gasteiger charge is 2.08. The van der Waals surface area contributed by atoms with E-state index < -0.39 is 0 Å². The number of aromatic nitrogens is 4. The summed E-state index contributed by atoms with van der Waals surface area (Å²) in [5.41, 5.74) is 0.582. The van der Waals surface area contributed by atoms with E-state index in [9.17, 15) is 5.11 Å². The zero-order valence-electron chi connectivity index (χ0n) is 8.38. The topological polar surface area (TPSA) is 73.1 Å². The molecule has 2 aromatic rings. The first-order chi connectivity index (χ1) is 7.20. The Labute approximate surface area is 86.2 Å². The minimum Gasteiger partial charge on any atom is -0.492 e. The van der Waals surface area contributed by atoms with Gasteiger partial charge in [-0.05, 0) is 6.07 Å². The molecule has 2 aromatic heterocycles. The summed E-state index contributed by atoms with van der Waals surface area (Å²) in [5, 5.41) is 16.9. The van der Waals surface area contributed by atoms with E-state index in [0.717, 1.165) is 0 Å². The number of methoxy groups -OCH3 is 1. The minimum atomic E-state index is -0.0369. The molecular weight excluding hydrogens is 196 g/mol. The van der Waals surface area contributed by atoms with Gasteiger partial charge in [-0.25, -0.2) is 0 Å². The molecule has 0 aromatic carbocycles. The molecule has 0 radical (unpaired) electrons. The molecule has 0 amide bonds. The van der Waals surface area contributed by atoms with Crippen molar-refractivity contribution in [2.24, 2.45) is 7.05 Å². The van der Waals surface area contributed by atoms with Crippen molar-refractivity contribution >= 4 is 0 Å². The predicted molar refractivity (Wildman–Crippen MR) is 52.5 cm³/mol. The number of nitrogens with zero attached hydrogens (tertiary/aromatic N) is 4. The molecule has 0 aliphatic carbocycles. The van der Waals surface area contributed by atoms with Crippen LogP contribution in [0.4, 0.5) is 0 Å². The average Bonchev–Trinajstić information content (AvgIpc) is 2.58. The Bertz CT molecular complexity index is 463. The number of hydrogen-bond donors (Lipinski definition) is 1. The first-order valence-electron chi connectivity index (χ1n) is 4.31. The van der Waals surface area contributed by atoms with Gasteiger partial charge in [-0.1, -0.05) is 0 Å². The van der Waals surface area contributed by atoms with Gasteiger partial charge in [0.25, 0.3) is 0 Å². The Morgan fingerprint density at radius 3 is 2.60 bits per heavy atom. The van der Waals surface area contributed by atoms with E-state index in [4.69, 9.17) is 4.74 Å². The maximum absolute atomic E-state index is 9.19. The second-order valence-electron chi connectivity index (χ2n) is 2.99. The molecule has 0 aliphatic heterocycles. The highest BCUT2D eigenvalue weighted by molar-refractivity contribution is 5.50. The van der Waals surface area contributed by atoms with Crippen LogP contribution >= 0.6 is 0 Å². The Hall–Kier alpha value is -2.11. The molecule has 0 saturated heterocycles. The van der Waals surface area contributed by atoms with Crippen LogP contribution in [0.5, 0.6) is 11.8 Å². The lowest BCUT2D eigenvalue weighted by Gasteiger charge is -2.00. The Morgan fingerprint density at radius 2 is 2.13 bits per heavy atom. The third-order valence-corrected chi connectivity index (χ3v) is 1.94. The van der Waals surface area contributed by atoms with Gasteiger partial charge in [-0.2, -0.15) is 4.98 Å². The van der Waals surface area contributed by atoms with Crippen molar-refractivity contribution < 1.29 is 9.84 Å². The molecule has 78 valence electrons. The van der Waals surface area contributed by atoms with Crippen molar-refractivity contribution in [3.63, 3.8) is 0 Å². The van der Waals surface area contributed by atoms with Crippen molar-refractivity contribution in [2.45, 2.75) is 0 Å². The van der Waals surface area contributed by atoms with Crippen molar-refractivity contribution in [2.75, 3.05) is 7.11 Å². The molecule has 6 nitrogen and oxygen atoms in total. The lowest BCUT2D eigenvalue weighted by atomic mass is 10.4. The second kappa shape index (κ2) is 3.56. The Balaban J connectivity index is 2.41. The predicted octanol–water partition coefficient (Wildman–Crippen LogP) is 0.591. The molecule has 2 rings (SSSR count). The van der Waals surface area contributed by atoms with Gasteiger partial charge in [-0.15, -0.1) is 10.2 Å². The smallest absolute Gasteiger partial charge is 0.233 e. The zero-order chi connectivity index (χ0) is 10.8. The molecule has 0 fully saturated rings. The van der Waals surface area contributed by atoms with Crippen LogP contribution in [0, 0.1) is 0 Å². The van der Waals surface area contributed by atoms with Gasteiger partial charge in [0.1, 0.15) is 5.69 Å². The van der Waals surface area contributed by atoms with Crippen LogP contribution in [0.1, 0.15) is 0 Å². The first kappa shape index (κ1) is 9.45. The molecule has 1 N–H and O–H groups in total. The largest absolute Gasteiger partial charge is 0.492 e. The van der Waals surface area contributed by atoms with Crippen molar-refractivity contribution in [1.29, 1.82) is 0 Å². The highest BCUT2D eigenvalue weighted by atomic mass is 16.5. The van der Waals surface area contributed by atoms with E-state index in [1.807, 2.05) is 0 Å². The second-order valence-corrected chi connectivity index (χ2v) is 2.99. The van der Waals surface area contributed by atoms with E-state index >= 15 is 0 Å². The summed E-state index contributed by atoms with van der Waals surface area (Å²) in [5.74, 6) is 0.963. The quantitative estimate of drug-likeness (QED) is 0.778. The van der Waals surface area contributed by atoms with Gasteiger partial charge in [0.05, 0.1) is 13.3 Å². The van der Waals surface area contributed by atoms with Crippen molar-refractivity contribution in [1.82, 2.24) is 19.7 Å². The van der Waals surface area contributed by atoms with Crippen molar-refractivity contribution in [3.05, 3.63) is 18.3 Å². The summed E-state index contributed by atoms with van der Waals surface area (Å²) < 4.78 is 6.56. The summed E-state index contributed by atoms with van der Waals surface area (Å²) in [4.78, 5) is 3.91. The maximum atomic E-state index is 9.19. The molecule has 2 heterocycles. The fourth-order valence-corrected chi connectivity index (χ4v) is 1.24. The van der Waals surface area contributed by atoms with Crippen LogP contribution < -0.4 is 4.74 Å². The van der Waals surface area contributed by atoms with Crippen LogP contribution in [0.3, 0.4) is 0 Å². The molecule has 0 unspecified atom stereocenters. The van der Waals surface area contributed by atoms with Gasteiger partial charge in [0.2, 0.25) is 11.8 Å². The van der Waals surface area contributed by atoms with Crippen LogP contribution in [0.2, 0.25) is 0 Å². The van der Waals surface area contributed by atoms with Gasteiger partial charge in [-0.3, -0.25) is 0 Å². The molecule has 6 heteroatoms. The molecule has 0 bridgehead atoms. The van der Waals surface area contributed by atoms with E-state index in [-0.39, 0.29) is 5.88 Å². The molecule has 0 aliphatic rings. The monoisotopic (exact) mass is 206 g/mol. The lowest BCUT2D eigenvalue weighted by molar-refractivity contribution is 0.392. The van der Waals surface area contributed by atoms with Crippen LogP contribution in [-0.4, -0.2) is 32.0 Å². The molecule has 15 heavy (non-hydrogen) atoms. The fourth-order valence-electron chi connectivity index (χ4n) is 1.24. The lowest BCUT2D eigenvalue weighted by Crippen LogP contribution is -1.96. The first-order valence-corrected chi connectivity index (χ1v) is 4.31. The summed E-state index contributed by atoms with van der Waals surface area (Å²) in [6.45, 7) is 0. The SMILES string of the molecule is COc1ccc(-c2nc(O)cn2C)nn1. The molecule has 0 saturated carbocycles. The number of rotatable bonds is 2. The van der Waals surface area contributed by atoms with Crippen molar-refractivity contribution in [3.8, 4) is 23.3 Å². The molecule has 0 atom stereocenters. The van der Waals surface area contributed by atoms with Gasteiger partial charge >= 0.3 is 0 Å². The van der Waals surface area contributed by atoms with Gasteiger partial charge < -0.3 is 14.4 Å². The summed E-state index contributed by atoms with van der Waals surface area (Å²) >= 11 is 0. The highest BCUT2D eigenvalue weighted by Crippen LogP contribution is 2.18. The number of aryl methyl sites for hydroxylation is 1. The number of aromatic hydroxyl groups is 1. The van der Waals surface area contributed by atoms with E-state index in [1.54, 1.807) is 23.7 Å². The van der Waals surface area contributed by atoms with Crippen LogP contribution in [0.15, 0.2) is 18.3 Å². The number of imidazole rings is 1. The van der Waals surface area contributed by atoms with Crippen LogP contribution in [0.25, 0.3) is 11.5 Å². The molecular formula is C9H10N4O2. The summed E-state index contributed by atoms with van der Waals surface area (Å²) in [6, 6.07) is 3.42. The summed E-state index contributed by atoms with van der Waals surface area (Å²) in [6.07, 6.45) is 1.50. The molecule has 0 spiro atoms. The Morgan fingerprint density at radius 1 is 1.33 bits per heavy atom. The Kier molecular flexibility index (Phi) is 2.24. The fraction of sp³-hybridized carbons (Fsp3) is 0.222. The average molecular weight is 206 g/mol. The van der Waals surface area contributed by atoms with E-state index in [0.29, 0.717) is 17.4 Å². The number of ether oxygens (including phenoxy) is 1. The standard InChI is InChI=1S/C9H10N4O2/c1-13-5-7(14)10-9(13)6-3-4-8(15-2)12-11-6/h3-5,14H,1-2H3. The number of hydrogen-bond acceptors (Lipinski definition) is 5. The maximum Gasteiger partial charge on any atom is 0.233 e. The van der Waals surface area contributed by atoms with Gasteiger partial charge in [0, 0.05) is 13.1 Å². The third kappa shape index (κ3) is 1.74. The summed E-state index contributed by atoms with van der Waals surface area (Å²) in [7, 11) is 3.30. The zero-order valence-corrected chi connectivity index (χ0v) is 8.38. The normalized spacial score (nSPS) is 10.3. The van der Waals surface area contributed by atoms with E-state index in [2.05, 4.69) is 15.2 Å². The minimum absolute atomic E-state index is 0.0369. The third-order valence-electron chi connectivity index (χ3n) is 1.94. The van der Waals surface area contributed by atoms with Gasteiger partial charge in [0.15, 0.2) is 5.82 Å².